The number of hydrogen-bond acceptors (Lipinski definition) is 4. The minimum atomic E-state index is 0.0742. The lowest BCUT2D eigenvalue weighted by atomic mass is 10.1. The number of hydrogen-bond donors (Lipinski definition) is 1. The van der Waals surface area contributed by atoms with Gasteiger partial charge in [0.2, 0.25) is 0 Å². The zero-order chi connectivity index (χ0) is 12.1. The lowest BCUT2D eigenvalue weighted by molar-refractivity contribution is 0.0982. The van der Waals surface area contributed by atoms with Crippen LogP contribution in [0.4, 0.5) is 0 Å². The van der Waals surface area contributed by atoms with Gasteiger partial charge in [0.25, 0.3) is 0 Å². The first-order valence-electron chi connectivity index (χ1n) is 5.10. The third-order valence-electron chi connectivity index (χ3n) is 2.39. The van der Waals surface area contributed by atoms with Crippen LogP contribution in [-0.4, -0.2) is 25.7 Å². The number of methoxy groups -OCH3 is 1. The summed E-state index contributed by atoms with van der Waals surface area (Å²) < 4.78 is 5.22. The summed E-state index contributed by atoms with van der Waals surface area (Å²) in [4.78, 5) is 12.8. The van der Waals surface area contributed by atoms with Gasteiger partial charge in [-0.3, -0.25) is 4.79 Å². The van der Waals surface area contributed by atoms with Gasteiger partial charge in [0.1, 0.15) is 5.75 Å². The van der Waals surface area contributed by atoms with E-state index >= 15 is 0 Å². The average molecular weight is 239 g/mol. The summed E-state index contributed by atoms with van der Waals surface area (Å²) in [5.74, 6) is 0.823. The van der Waals surface area contributed by atoms with Crippen LogP contribution in [0.5, 0.6) is 5.75 Å². The van der Waals surface area contributed by atoms with Crippen LogP contribution in [0.2, 0.25) is 0 Å². The summed E-state index contributed by atoms with van der Waals surface area (Å²) in [7, 11) is 1.61. The van der Waals surface area contributed by atoms with Crippen LogP contribution < -0.4 is 10.5 Å². The van der Waals surface area contributed by atoms with Crippen molar-refractivity contribution in [1.82, 2.24) is 0 Å². The number of carbonyl (C=O) groups is 1. The molecule has 0 saturated carbocycles. The van der Waals surface area contributed by atoms with Crippen LogP contribution in [0.25, 0.3) is 0 Å². The van der Waals surface area contributed by atoms with Gasteiger partial charge in [-0.05, 0) is 37.4 Å². The predicted octanol–water partition coefficient (Wildman–Crippen LogP) is 2.26. The van der Waals surface area contributed by atoms with Gasteiger partial charge in [-0.2, -0.15) is 0 Å². The second-order valence-corrected chi connectivity index (χ2v) is 4.33. The molecule has 16 heavy (non-hydrogen) atoms. The molecule has 0 spiro atoms. The van der Waals surface area contributed by atoms with E-state index in [1.54, 1.807) is 24.9 Å². The molecule has 0 aromatic heterocycles. The monoisotopic (exact) mass is 239 g/mol. The van der Waals surface area contributed by atoms with Crippen molar-refractivity contribution in [3.63, 3.8) is 0 Å². The van der Waals surface area contributed by atoms with Crippen LogP contribution >= 0.6 is 11.8 Å². The molecule has 2 N–H and O–H groups in total. The Hall–Kier alpha value is -1.00. The van der Waals surface area contributed by atoms with Crippen molar-refractivity contribution in [1.29, 1.82) is 0 Å². The van der Waals surface area contributed by atoms with Crippen LogP contribution in [0.3, 0.4) is 0 Å². The fourth-order valence-electron chi connectivity index (χ4n) is 1.53. The number of rotatable bonds is 5. The van der Waals surface area contributed by atoms with Gasteiger partial charge in [-0.25, -0.2) is 0 Å². The first-order chi connectivity index (χ1) is 7.63. The molecule has 0 bridgehead atoms. The Bertz CT molecular complexity index is 391. The summed E-state index contributed by atoms with van der Waals surface area (Å²) in [6, 6.07) is 3.78. The highest BCUT2D eigenvalue weighted by molar-refractivity contribution is 7.98. The molecular weight excluding hydrogens is 222 g/mol. The van der Waals surface area contributed by atoms with Crippen molar-refractivity contribution < 1.29 is 9.53 Å². The number of thioether (sulfide) groups is 1. The summed E-state index contributed by atoms with van der Waals surface area (Å²) >= 11 is 1.57. The Morgan fingerprint density at radius 3 is 2.69 bits per heavy atom. The Labute approximate surface area is 100 Å². The number of aryl methyl sites for hydroxylation is 1. The van der Waals surface area contributed by atoms with E-state index in [0.29, 0.717) is 18.5 Å². The number of ketones is 1. The van der Waals surface area contributed by atoms with E-state index in [1.807, 2.05) is 19.2 Å². The second kappa shape index (κ2) is 5.92. The van der Waals surface area contributed by atoms with E-state index in [0.717, 1.165) is 16.2 Å². The van der Waals surface area contributed by atoms with E-state index in [1.165, 1.54) is 0 Å². The summed E-state index contributed by atoms with van der Waals surface area (Å²) in [5.41, 5.74) is 7.15. The molecule has 1 aromatic rings. The molecule has 0 aliphatic heterocycles. The molecule has 1 aromatic carbocycles. The fourth-order valence-corrected chi connectivity index (χ4v) is 2.22. The van der Waals surface area contributed by atoms with E-state index in [-0.39, 0.29) is 5.78 Å². The van der Waals surface area contributed by atoms with Gasteiger partial charge < -0.3 is 10.5 Å². The highest BCUT2D eigenvalue weighted by Crippen LogP contribution is 2.29. The van der Waals surface area contributed by atoms with Crippen LogP contribution in [0.1, 0.15) is 22.3 Å². The van der Waals surface area contributed by atoms with Crippen LogP contribution in [-0.2, 0) is 0 Å². The fraction of sp³-hybridized carbons (Fsp3) is 0.417. The van der Waals surface area contributed by atoms with E-state index in [2.05, 4.69) is 0 Å². The summed E-state index contributed by atoms with van der Waals surface area (Å²) in [6.07, 6.45) is 2.33. The number of nitrogens with two attached hydrogens (primary N) is 1. The number of carbonyl (C=O) groups excluding carboxylic acids is 1. The van der Waals surface area contributed by atoms with Crippen molar-refractivity contribution in [3.05, 3.63) is 23.3 Å². The number of Topliss-reactive ketones (excluding diaryl/α,β-unsaturated/α-hetero) is 1. The maximum Gasteiger partial charge on any atom is 0.165 e. The molecule has 0 radical (unpaired) electrons. The molecule has 0 heterocycles. The van der Waals surface area contributed by atoms with E-state index < -0.39 is 0 Å². The van der Waals surface area contributed by atoms with Gasteiger partial charge >= 0.3 is 0 Å². The lowest BCUT2D eigenvalue weighted by Crippen LogP contribution is -2.09. The minimum absolute atomic E-state index is 0.0742. The van der Waals surface area contributed by atoms with E-state index in [9.17, 15) is 4.79 Å². The van der Waals surface area contributed by atoms with Crippen molar-refractivity contribution >= 4 is 17.5 Å². The zero-order valence-corrected chi connectivity index (χ0v) is 10.7. The van der Waals surface area contributed by atoms with Gasteiger partial charge in [0.05, 0.1) is 7.11 Å². The van der Waals surface area contributed by atoms with Crippen molar-refractivity contribution in [2.45, 2.75) is 18.2 Å². The third kappa shape index (κ3) is 2.77. The quantitative estimate of drug-likeness (QED) is 0.632. The molecule has 0 fully saturated rings. The zero-order valence-electron chi connectivity index (χ0n) is 9.87. The molecule has 4 heteroatoms. The Kier molecular flexibility index (Phi) is 4.83. The molecule has 88 valence electrons. The van der Waals surface area contributed by atoms with E-state index in [4.69, 9.17) is 10.5 Å². The first kappa shape index (κ1) is 13.1. The molecule has 0 aliphatic carbocycles. The molecule has 0 amide bonds. The minimum Gasteiger partial charge on any atom is -0.496 e. The highest BCUT2D eigenvalue weighted by atomic mass is 32.2. The van der Waals surface area contributed by atoms with Crippen molar-refractivity contribution in [3.8, 4) is 5.75 Å². The first-order valence-corrected chi connectivity index (χ1v) is 6.32. The number of benzene rings is 1. The largest absolute Gasteiger partial charge is 0.496 e. The topological polar surface area (TPSA) is 52.3 Å². The maximum absolute atomic E-state index is 11.9. The number of ether oxygens (including phenoxy) is 1. The molecular formula is C12H17NO2S. The molecule has 1 rings (SSSR count). The molecule has 0 unspecified atom stereocenters. The Balaban J connectivity index is 3.19. The predicted molar refractivity (Wildman–Crippen MR) is 67.5 cm³/mol. The normalized spacial score (nSPS) is 10.2. The standard InChI is InChI=1S/C12H17NO2S/c1-8-6-12(16-3)9(7-11(8)15-2)10(14)4-5-13/h6-7H,4-5,13H2,1-3H3. The summed E-state index contributed by atoms with van der Waals surface area (Å²) in [5, 5.41) is 0. The van der Waals surface area contributed by atoms with Crippen molar-refractivity contribution in [2.75, 3.05) is 19.9 Å². The SMILES string of the molecule is COc1cc(C(=O)CCN)c(SC)cc1C. The average Bonchev–Trinajstić information content (AvgIpc) is 2.28. The molecule has 0 aliphatic rings. The van der Waals surface area contributed by atoms with Crippen molar-refractivity contribution in [2.24, 2.45) is 5.73 Å². The van der Waals surface area contributed by atoms with Gasteiger partial charge in [-0.15, -0.1) is 11.8 Å². The maximum atomic E-state index is 11.9. The highest BCUT2D eigenvalue weighted by Gasteiger charge is 2.13. The molecule has 3 nitrogen and oxygen atoms in total. The lowest BCUT2D eigenvalue weighted by Gasteiger charge is -2.11. The molecule has 0 saturated heterocycles. The Morgan fingerprint density at radius 2 is 2.19 bits per heavy atom. The molecule has 0 atom stereocenters. The Morgan fingerprint density at radius 1 is 1.50 bits per heavy atom. The second-order valence-electron chi connectivity index (χ2n) is 3.48. The van der Waals surface area contributed by atoms with Gasteiger partial charge in [0.15, 0.2) is 5.78 Å². The van der Waals surface area contributed by atoms with Crippen LogP contribution in [0.15, 0.2) is 17.0 Å². The van der Waals surface area contributed by atoms with Gasteiger partial charge in [0, 0.05) is 16.9 Å². The van der Waals surface area contributed by atoms with Crippen LogP contribution in [0, 0.1) is 6.92 Å². The summed E-state index contributed by atoms with van der Waals surface area (Å²) in [6.45, 7) is 2.35. The van der Waals surface area contributed by atoms with Gasteiger partial charge in [-0.1, -0.05) is 0 Å². The third-order valence-corrected chi connectivity index (χ3v) is 3.17. The smallest absolute Gasteiger partial charge is 0.165 e.